The highest BCUT2D eigenvalue weighted by molar-refractivity contribution is 7.89. The van der Waals surface area contributed by atoms with Crippen LogP contribution in [-0.4, -0.2) is 38.9 Å². The van der Waals surface area contributed by atoms with Gasteiger partial charge in [-0.05, 0) is 31.0 Å². The van der Waals surface area contributed by atoms with Gasteiger partial charge in [0, 0.05) is 13.1 Å². The van der Waals surface area contributed by atoms with E-state index in [-0.39, 0.29) is 23.5 Å². The summed E-state index contributed by atoms with van der Waals surface area (Å²) >= 11 is 0. The van der Waals surface area contributed by atoms with Crippen molar-refractivity contribution in [3.8, 4) is 0 Å². The van der Waals surface area contributed by atoms with E-state index in [0.29, 0.717) is 12.8 Å². The van der Waals surface area contributed by atoms with Gasteiger partial charge < -0.3 is 4.74 Å². The Morgan fingerprint density at radius 2 is 1.95 bits per heavy atom. The van der Waals surface area contributed by atoms with Crippen molar-refractivity contribution in [2.75, 3.05) is 20.2 Å². The van der Waals surface area contributed by atoms with E-state index in [4.69, 9.17) is 0 Å². The average Bonchev–Trinajstić information content (AvgIpc) is 2.47. The average molecular weight is 313 g/mol. The fraction of sp³-hybridized carbons (Fsp3) is 0.357. The van der Waals surface area contributed by atoms with Gasteiger partial charge in [0.1, 0.15) is 5.82 Å². The van der Waals surface area contributed by atoms with E-state index in [2.05, 4.69) is 11.3 Å². The summed E-state index contributed by atoms with van der Waals surface area (Å²) in [5, 5.41) is 0. The van der Waals surface area contributed by atoms with Gasteiger partial charge in [-0.2, -0.15) is 4.31 Å². The molecule has 0 saturated carbocycles. The van der Waals surface area contributed by atoms with Gasteiger partial charge >= 0.3 is 5.97 Å². The molecule has 1 aromatic carbocycles. The molecule has 0 spiro atoms. The van der Waals surface area contributed by atoms with Crippen LogP contribution in [0.15, 0.2) is 35.2 Å². The second kappa shape index (κ2) is 5.95. The van der Waals surface area contributed by atoms with E-state index in [0.717, 1.165) is 30.9 Å². The van der Waals surface area contributed by atoms with Gasteiger partial charge in [-0.3, -0.25) is 0 Å². The Morgan fingerprint density at radius 1 is 1.33 bits per heavy atom. The normalized spacial score (nSPS) is 16.8. The molecule has 0 N–H and O–H groups in total. The van der Waals surface area contributed by atoms with E-state index < -0.39 is 21.8 Å². The van der Waals surface area contributed by atoms with E-state index in [1.165, 1.54) is 4.31 Å². The second-order valence-electron chi connectivity index (χ2n) is 4.79. The molecule has 5 nitrogen and oxygen atoms in total. The largest absolute Gasteiger partial charge is 0.465 e. The number of carbonyl (C=O) groups excluding carboxylic acids is 1. The van der Waals surface area contributed by atoms with Gasteiger partial charge in [-0.15, -0.1) is 0 Å². The molecular weight excluding hydrogens is 297 g/mol. The lowest BCUT2D eigenvalue weighted by atomic mass is 10.1. The summed E-state index contributed by atoms with van der Waals surface area (Å²) < 4.78 is 44.4. The van der Waals surface area contributed by atoms with Crippen molar-refractivity contribution in [3.63, 3.8) is 0 Å². The number of esters is 1. The van der Waals surface area contributed by atoms with Gasteiger partial charge in [0.15, 0.2) is 0 Å². The summed E-state index contributed by atoms with van der Waals surface area (Å²) in [7, 11) is -2.80. The number of ether oxygens (including phenoxy) is 1. The molecule has 1 aliphatic rings. The molecule has 1 saturated heterocycles. The van der Waals surface area contributed by atoms with Crippen LogP contribution in [0.3, 0.4) is 0 Å². The Labute approximate surface area is 123 Å². The van der Waals surface area contributed by atoms with Gasteiger partial charge in [0.2, 0.25) is 10.0 Å². The zero-order valence-corrected chi connectivity index (χ0v) is 12.5. The monoisotopic (exact) mass is 313 g/mol. The number of sulfonamides is 1. The molecule has 2 rings (SSSR count). The highest BCUT2D eigenvalue weighted by atomic mass is 32.2. The maximum Gasteiger partial charge on any atom is 0.339 e. The second-order valence-corrected chi connectivity index (χ2v) is 6.69. The lowest BCUT2D eigenvalue weighted by Gasteiger charge is -2.27. The zero-order chi connectivity index (χ0) is 15.6. The molecule has 1 heterocycles. The first-order valence-corrected chi connectivity index (χ1v) is 7.85. The molecular formula is C14H16FNO4S. The van der Waals surface area contributed by atoms with Crippen molar-refractivity contribution >= 4 is 16.0 Å². The fourth-order valence-electron chi connectivity index (χ4n) is 2.17. The third-order valence-corrected chi connectivity index (χ3v) is 5.33. The number of methoxy groups -OCH3 is 1. The number of rotatable bonds is 3. The minimum Gasteiger partial charge on any atom is -0.465 e. The van der Waals surface area contributed by atoms with Crippen molar-refractivity contribution in [2.24, 2.45) is 0 Å². The number of piperidine rings is 1. The molecule has 0 amide bonds. The fourth-order valence-corrected chi connectivity index (χ4v) is 3.80. The van der Waals surface area contributed by atoms with E-state index in [1.54, 1.807) is 0 Å². The number of hydrogen-bond donors (Lipinski definition) is 0. The Bertz CT molecular complexity index is 674. The molecule has 21 heavy (non-hydrogen) atoms. The van der Waals surface area contributed by atoms with Gasteiger partial charge in [-0.25, -0.2) is 17.6 Å². The number of halogens is 1. The van der Waals surface area contributed by atoms with Crippen LogP contribution in [-0.2, 0) is 14.8 Å². The number of benzene rings is 1. The molecule has 7 heteroatoms. The van der Waals surface area contributed by atoms with Crippen molar-refractivity contribution in [3.05, 3.63) is 41.7 Å². The van der Waals surface area contributed by atoms with Crippen molar-refractivity contribution in [2.45, 2.75) is 17.7 Å². The van der Waals surface area contributed by atoms with Crippen LogP contribution in [0.2, 0.25) is 0 Å². The van der Waals surface area contributed by atoms with Crippen LogP contribution in [0, 0.1) is 5.82 Å². The Hall–Kier alpha value is -1.73. The molecule has 0 unspecified atom stereocenters. The summed E-state index contributed by atoms with van der Waals surface area (Å²) in [6.45, 7) is 4.37. The van der Waals surface area contributed by atoms with Gasteiger partial charge in [-0.1, -0.05) is 12.2 Å². The highest BCUT2D eigenvalue weighted by Gasteiger charge is 2.31. The topological polar surface area (TPSA) is 63.7 Å². The maximum atomic E-state index is 13.4. The molecule has 1 aromatic rings. The minimum absolute atomic E-state index is 0.164. The van der Waals surface area contributed by atoms with Crippen LogP contribution in [0.1, 0.15) is 23.2 Å². The van der Waals surface area contributed by atoms with Crippen LogP contribution < -0.4 is 0 Å². The molecule has 1 aliphatic heterocycles. The van der Waals surface area contributed by atoms with Crippen LogP contribution in [0.4, 0.5) is 4.39 Å². The minimum atomic E-state index is -3.94. The first-order chi connectivity index (χ1) is 9.86. The maximum absolute atomic E-state index is 13.4. The lowest BCUT2D eigenvalue weighted by Crippen LogP contribution is -2.37. The smallest absolute Gasteiger partial charge is 0.339 e. The van der Waals surface area contributed by atoms with E-state index in [9.17, 15) is 17.6 Å². The number of carbonyl (C=O) groups is 1. The van der Waals surface area contributed by atoms with Gasteiger partial charge in [0.25, 0.3) is 0 Å². The third-order valence-electron chi connectivity index (χ3n) is 3.40. The van der Waals surface area contributed by atoms with Gasteiger partial charge in [0.05, 0.1) is 17.6 Å². The summed E-state index contributed by atoms with van der Waals surface area (Å²) in [6, 6.07) is 3.01. The number of hydrogen-bond acceptors (Lipinski definition) is 4. The van der Waals surface area contributed by atoms with Crippen LogP contribution in [0.5, 0.6) is 0 Å². The summed E-state index contributed by atoms with van der Waals surface area (Å²) in [5.41, 5.74) is 0.817. The van der Waals surface area contributed by atoms with Crippen LogP contribution in [0.25, 0.3) is 0 Å². The van der Waals surface area contributed by atoms with Crippen LogP contribution >= 0.6 is 0 Å². The molecule has 0 aliphatic carbocycles. The molecule has 0 radical (unpaired) electrons. The SMILES string of the molecule is C=C1CCN(S(=O)(=O)c2cc(F)ccc2C(=O)OC)CC1. The quantitative estimate of drug-likeness (QED) is 0.632. The zero-order valence-electron chi connectivity index (χ0n) is 11.6. The Balaban J connectivity index is 2.46. The third kappa shape index (κ3) is 3.14. The molecule has 1 fully saturated rings. The molecule has 0 bridgehead atoms. The predicted octanol–water partition coefficient (Wildman–Crippen LogP) is 1.95. The summed E-state index contributed by atoms with van der Waals surface area (Å²) in [4.78, 5) is 11.3. The van der Waals surface area contributed by atoms with Crippen molar-refractivity contribution in [1.29, 1.82) is 0 Å². The van der Waals surface area contributed by atoms with Crippen molar-refractivity contribution < 1.29 is 22.3 Å². The Kier molecular flexibility index (Phi) is 4.43. The lowest BCUT2D eigenvalue weighted by molar-refractivity contribution is 0.0596. The predicted molar refractivity (Wildman–Crippen MR) is 74.9 cm³/mol. The first kappa shape index (κ1) is 15.7. The Morgan fingerprint density at radius 3 is 2.52 bits per heavy atom. The number of nitrogens with zero attached hydrogens (tertiary/aromatic N) is 1. The summed E-state index contributed by atoms with van der Waals surface area (Å²) in [6.07, 6.45) is 1.12. The van der Waals surface area contributed by atoms with E-state index in [1.807, 2.05) is 0 Å². The highest BCUT2D eigenvalue weighted by Crippen LogP contribution is 2.26. The van der Waals surface area contributed by atoms with E-state index >= 15 is 0 Å². The molecule has 0 aromatic heterocycles. The van der Waals surface area contributed by atoms with Crippen molar-refractivity contribution in [1.82, 2.24) is 4.31 Å². The summed E-state index contributed by atoms with van der Waals surface area (Å²) in [5.74, 6) is -1.53. The molecule has 114 valence electrons. The molecule has 0 atom stereocenters. The first-order valence-electron chi connectivity index (χ1n) is 6.41. The standard InChI is InChI=1S/C14H16FNO4S/c1-10-5-7-16(8-6-10)21(18,19)13-9-11(15)3-4-12(13)14(17)20-2/h3-4,9H,1,5-8H2,2H3.